The fourth-order valence-electron chi connectivity index (χ4n) is 1.74. The molecule has 0 bridgehead atoms. The highest BCUT2D eigenvalue weighted by atomic mass is 32.2. The van der Waals surface area contributed by atoms with Crippen molar-refractivity contribution in [3.8, 4) is 0 Å². The summed E-state index contributed by atoms with van der Waals surface area (Å²) in [7, 11) is 0. The summed E-state index contributed by atoms with van der Waals surface area (Å²) in [6.07, 6.45) is 1.94. The quantitative estimate of drug-likeness (QED) is 0.802. The van der Waals surface area contributed by atoms with Crippen LogP contribution in [0.25, 0.3) is 0 Å². The first-order valence-electron chi connectivity index (χ1n) is 6.10. The Kier molecular flexibility index (Phi) is 6.42. The first kappa shape index (κ1) is 15.6. The molecular weight excluding hydrogens is 262 g/mol. The summed E-state index contributed by atoms with van der Waals surface area (Å²) < 4.78 is 0. The van der Waals surface area contributed by atoms with Crippen LogP contribution in [-0.2, 0) is 9.59 Å². The van der Waals surface area contributed by atoms with E-state index in [1.165, 1.54) is 0 Å². The van der Waals surface area contributed by atoms with E-state index in [2.05, 4.69) is 5.32 Å². The van der Waals surface area contributed by atoms with Crippen LogP contribution in [0.4, 0.5) is 0 Å². The molecule has 0 spiro atoms. The predicted octanol–water partition coefficient (Wildman–Crippen LogP) is 1.97. The molecule has 0 fully saturated rings. The number of nitrogens with one attached hydrogen (secondary N) is 1. The molecule has 1 amide bonds. The lowest BCUT2D eigenvalue weighted by atomic mass is 9.99. The zero-order valence-corrected chi connectivity index (χ0v) is 11.9. The van der Waals surface area contributed by atoms with Gasteiger partial charge in [0.15, 0.2) is 0 Å². The average molecular weight is 281 g/mol. The van der Waals surface area contributed by atoms with Gasteiger partial charge in [-0.1, -0.05) is 37.3 Å². The first-order valence-corrected chi connectivity index (χ1v) is 7.50. The topological polar surface area (TPSA) is 66.4 Å². The van der Waals surface area contributed by atoms with Gasteiger partial charge in [-0.2, -0.15) is 11.8 Å². The number of aliphatic carboxylic acids is 1. The lowest BCUT2D eigenvalue weighted by molar-refractivity contribution is -0.138. The highest BCUT2D eigenvalue weighted by Gasteiger charge is 2.21. The van der Waals surface area contributed by atoms with Gasteiger partial charge < -0.3 is 10.4 Å². The van der Waals surface area contributed by atoms with Gasteiger partial charge in [0.1, 0.15) is 0 Å². The standard InChI is InChI=1S/C14H19NO3S/c1-10(9-19-2)13(16)15-8-12(14(17)18)11-6-4-3-5-7-11/h3-7,10,12H,8-9H2,1-2H3,(H,15,16)(H,17,18). The van der Waals surface area contributed by atoms with Crippen LogP contribution in [0.5, 0.6) is 0 Å². The second-order valence-corrected chi connectivity index (χ2v) is 5.31. The molecule has 0 saturated carbocycles. The van der Waals surface area contributed by atoms with Crippen LogP contribution in [0.3, 0.4) is 0 Å². The molecule has 1 aromatic carbocycles. The Labute approximate surface area is 117 Å². The van der Waals surface area contributed by atoms with Crippen molar-refractivity contribution < 1.29 is 14.7 Å². The maximum absolute atomic E-state index is 11.8. The fourth-order valence-corrected chi connectivity index (χ4v) is 2.39. The van der Waals surface area contributed by atoms with Crippen molar-refractivity contribution in [3.63, 3.8) is 0 Å². The van der Waals surface area contributed by atoms with E-state index < -0.39 is 11.9 Å². The molecule has 2 unspecified atom stereocenters. The van der Waals surface area contributed by atoms with Crippen molar-refractivity contribution >= 4 is 23.6 Å². The van der Waals surface area contributed by atoms with E-state index in [9.17, 15) is 14.7 Å². The maximum Gasteiger partial charge on any atom is 0.312 e. The molecule has 0 aliphatic heterocycles. The number of amides is 1. The Hall–Kier alpha value is -1.49. The summed E-state index contributed by atoms with van der Waals surface area (Å²) in [5, 5.41) is 11.9. The Bertz CT molecular complexity index is 422. The molecule has 4 nitrogen and oxygen atoms in total. The number of carbonyl (C=O) groups excluding carboxylic acids is 1. The first-order chi connectivity index (χ1) is 9.06. The van der Waals surface area contributed by atoms with Gasteiger partial charge in [0.25, 0.3) is 0 Å². The Morgan fingerprint density at radius 3 is 2.47 bits per heavy atom. The Morgan fingerprint density at radius 1 is 1.32 bits per heavy atom. The number of benzene rings is 1. The van der Waals surface area contributed by atoms with Crippen LogP contribution in [0.2, 0.25) is 0 Å². The van der Waals surface area contributed by atoms with Crippen molar-refractivity contribution in [1.82, 2.24) is 5.32 Å². The highest BCUT2D eigenvalue weighted by Crippen LogP contribution is 2.15. The third-order valence-corrected chi connectivity index (χ3v) is 3.68. The van der Waals surface area contributed by atoms with Crippen LogP contribution in [0.15, 0.2) is 30.3 Å². The Balaban J connectivity index is 2.61. The van der Waals surface area contributed by atoms with Gasteiger partial charge in [-0.15, -0.1) is 0 Å². The molecule has 0 aliphatic carbocycles. The van der Waals surface area contributed by atoms with E-state index in [1.54, 1.807) is 36.0 Å². The SMILES string of the molecule is CSCC(C)C(=O)NCC(C(=O)O)c1ccccc1. The lowest BCUT2D eigenvalue weighted by Crippen LogP contribution is -2.35. The van der Waals surface area contributed by atoms with Gasteiger partial charge >= 0.3 is 5.97 Å². The Morgan fingerprint density at radius 2 is 1.95 bits per heavy atom. The van der Waals surface area contributed by atoms with Crippen LogP contribution in [0.1, 0.15) is 18.4 Å². The average Bonchev–Trinajstić information content (AvgIpc) is 2.39. The van der Waals surface area contributed by atoms with E-state index in [4.69, 9.17) is 0 Å². The summed E-state index contributed by atoms with van der Waals surface area (Å²) >= 11 is 1.60. The summed E-state index contributed by atoms with van der Waals surface area (Å²) in [5.74, 6) is -1.11. The molecule has 104 valence electrons. The number of carbonyl (C=O) groups is 2. The third kappa shape index (κ3) is 4.95. The normalized spacial score (nSPS) is 13.6. The zero-order chi connectivity index (χ0) is 14.3. The molecule has 0 aliphatic rings. The summed E-state index contributed by atoms with van der Waals surface area (Å²) in [4.78, 5) is 23.0. The number of carboxylic acid groups (broad SMARTS) is 1. The van der Waals surface area contributed by atoms with Crippen LogP contribution < -0.4 is 5.32 Å². The summed E-state index contributed by atoms with van der Waals surface area (Å²) in [5.41, 5.74) is 0.702. The van der Waals surface area contributed by atoms with Crippen molar-refractivity contribution in [2.75, 3.05) is 18.6 Å². The van der Waals surface area contributed by atoms with Gasteiger partial charge in [0, 0.05) is 18.2 Å². The molecule has 2 N–H and O–H groups in total. The van der Waals surface area contributed by atoms with Gasteiger partial charge in [0.2, 0.25) is 5.91 Å². The molecule has 2 atom stereocenters. The molecule has 5 heteroatoms. The zero-order valence-electron chi connectivity index (χ0n) is 11.1. The molecule has 0 heterocycles. The van der Waals surface area contributed by atoms with E-state index in [1.807, 2.05) is 19.2 Å². The minimum atomic E-state index is -0.927. The highest BCUT2D eigenvalue weighted by molar-refractivity contribution is 7.98. The number of rotatable bonds is 7. The molecule has 1 aromatic rings. The molecule has 0 aromatic heterocycles. The molecule has 0 saturated heterocycles. The molecule has 1 rings (SSSR count). The van der Waals surface area contributed by atoms with Crippen LogP contribution in [0, 0.1) is 5.92 Å². The second kappa shape index (κ2) is 7.84. The number of thioether (sulfide) groups is 1. The number of hydrogen-bond donors (Lipinski definition) is 2. The van der Waals surface area contributed by atoms with E-state index >= 15 is 0 Å². The molecule has 19 heavy (non-hydrogen) atoms. The largest absolute Gasteiger partial charge is 0.481 e. The van der Waals surface area contributed by atoms with Crippen molar-refractivity contribution in [1.29, 1.82) is 0 Å². The minimum absolute atomic E-state index is 0.100. The fraction of sp³-hybridized carbons (Fsp3) is 0.429. The van der Waals surface area contributed by atoms with Crippen LogP contribution >= 0.6 is 11.8 Å². The monoisotopic (exact) mass is 281 g/mol. The maximum atomic E-state index is 11.8. The lowest BCUT2D eigenvalue weighted by Gasteiger charge is -2.16. The predicted molar refractivity (Wildman–Crippen MR) is 77.4 cm³/mol. The van der Waals surface area contributed by atoms with Gasteiger partial charge in [-0.25, -0.2) is 0 Å². The van der Waals surface area contributed by atoms with Gasteiger partial charge in [0.05, 0.1) is 5.92 Å². The smallest absolute Gasteiger partial charge is 0.312 e. The second-order valence-electron chi connectivity index (χ2n) is 4.40. The van der Waals surface area contributed by atoms with Crippen LogP contribution in [-0.4, -0.2) is 35.5 Å². The van der Waals surface area contributed by atoms with E-state index in [0.29, 0.717) is 5.56 Å². The van der Waals surface area contributed by atoms with E-state index in [-0.39, 0.29) is 18.4 Å². The number of hydrogen-bond acceptors (Lipinski definition) is 3. The minimum Gasteiger partial charge on any atom is -0.481 e. The summed E-state index contributed by atoms with van der Waals surface area (Å²) in [6.45, 7) is 1.96. The summed E-state index contributed by atoms with van der Waals surface area (Å²) in [6, 6.07) is 8.95. The molecule has 0 radical (unpaired) electrons. The van der Waals surface area contributed by atoms with Crippen molar-refractivity contribution in [2.24, 2.45) is 5.92 Å². The number of carboxylic acids is 1. The third-order valence-electron chi connectivity index (χ3n) is 2.84. The molecular formula is C14H19NO3S. The van der Waals surface area contributed by atoms with Crippen molar-refractivity contribution in [3.05, 3.63) is 35.9 Å². The van der Waals surface area contributed by atoms with Gasteiger partial charge in [-0.05, 0) is 11.8 Å². The van der Waals surface area contributed by atoms with Gasteiger partial charge in [-0.3, -0.25) is 9.59 Å². The van der Waals surface area contributed by atoms with E-state index in [0.717, 1.165) is 5.75 Å². The van der Waals surface area contributed by atoms with Crippen molar-refractivity contribution in [2.45, 2.75) is 12.8 Å².